The molecule has 16 heavy (non-hydrogen) atoms. The molecule has 0 radical (unpaired) electrons. The first-order chi connectivity index (χ1) is 7.47. The highest BCUT2D eigenvalue weighted by atomic mass is 19.1. The van der Waals surface area contributed by atoms with Gasteiger partial charge < -0.3 is 10.4 Å². The van der Waals surface area contributed by atoms with Crippen LogP contribution < -0.4 is 5.32 Å². The summed E-state index contributed by atoms with van der Waals surface area (Å²) in [5.41, 5.74) is -1.36. The Balaban J connectivity index is 3.37. The Morgan fingerprint density at radius 1 is 1.62 bits per heavy atom. The van der Waals surface area contributed by atoms with E-state index in [-0.39, 0.29) is 5.69 Å². The van der Waals surface area contributed by atoms with Gasteiger partial charge >= 0.3 is 5.97 Å². The number of nitro groups is 1. The first-order valence-corrected chi connectivity index (χ1v) is 4.42. The van der Waals surface area contributed by atoms with Crippen molar-refractivity contribution in [1.29, 1.82) is 0 Å². The maximum absolute atomic E-state index is 13.3. The Morgan fingerprint density at radius 2 is 2.25 bits per heavy atom. The lowest BCUT2D eigenvalue weighted by Crippen LogP contribution is -2.07. The molecule has 7 heteroatoms. The van der Waals surface area contributed by atoms with Crippen molar-refractivity contribution in [3.05, 3.63) is 33.6 Å². The predicted molar refractivity (Wildman–Crippen MR) is 54.2 cm³/mol. The lowest BCUT2D eigenvalue weighted by molar-refractivity contribution is -0.385. The third kappa shape index (κ3) is 2.25. The van der Waals surface area contributed by atoms with Crippen molar-refractivity contribution in [3.63, 3.8) is 0 Å². The van der Waals surface area contributed by atoms with Gasteiger partial charge in [0.15, 0.2) is 5.82 Å². The van der Waals surface area contributed by atoms with Gasteiger partial charge in [-0.2, -0.15) is 0 Å². The van der Waals surface area contributed by atoms with Crippen molar-refractivity contribution < 1.29 is 19.2 Å². The van der Waals surface area contributed by atoms with E-state index in [2.05, 4.69) is 5.32 Å². The highest BCUT2D eigenvalue weighted by molar-refractivity contribution is 5.93. The van der Waals surface area contributed by atoms with Gasteiger partial charge in [0, 0.05) is 6.54 Å². The quantitative estimate of drug-likeness (QED) is 0.606. The van der Waals surface area contributed by atoms with Gasteiger partial charge in [0.1, 0.15) is 5.56 Å². The molecule has 0 fully saturated rings. The van der Waals surface area contributed by atoms with Gasteiger partial charge in [0.05, 0.1) is 16.7 Å². The van der Waals surface area contributed by atoms with Gasteiger partial charge in [-0.05, 0) is 13.0 Å². The number of nitro benzene ring substituents is 1. The van der Waals surface area contributed by atoms with Crippen LogP contribution in [0.15, 0.2) is 12.1 Å². The summed E-state index contributed by atoms with van der Waals surface area (Å²) in [5, 5.41) is 21.8. The summed E-state index contributed by atoms with van der Waals surface area (Å²) in [5.74, 6) is -2.32. The van der Waals surface area contributed by atoms with Crippen molar-refractivity contribution in [2.24, 2.45) is 0 Å². The predicted octanol–water partition coefficient (Wildman–Crippen LogP) is 1.86. The Morgan fingerprint density at radius 3 is 2.69 bits per heavy atom. The summed E-state index contributed by atoms with van der Waals surface area (Å²) in [6, 6.07) is 1.51. The number of nitrogens with zero attached hydrogens (tertiary/aromatic N) is 1. The summed E-state index contributed by atoms with van der Waals surface area (Å²) in [6.45, 7) is 2.08. The van der Waals surface area contributed by atoms with E-state index in [1.807, 2.05) is 0 Å². The molecule has 0 unspecified atom stereocenters. The van der Waals surface area contributed by atoms with Gasteiger partial charge in [0.2, 0.25) is 0 Å². The summed E-state index contributed by atoms with van der Waals surface area (Å²) >= 11 is 0. The molecule has 6 nitrogen and oxygen atoms in total. The number of halogens is 1. The number of benzene rings is 1. The van der Waals surface area contributed by atoms with Gasteiger partial charge in [0.25, 0.3) is 5.69 Å². The summed E-state index contributed by atoms with van der Waals surface area (Å²) in [7, 11) is 0. The van der Waals surface area contributed by atoms with Gasteiger partial charge in [-0.15, -0.1) is 0 Å². The standard InChI is InChI=1S/C9H9FN2O4/c1-2-11-7-3-5(9(13)14)8(12(15)16)4-6(7)10/h3-4,11H,2H2,1H3,(H,13,14). The minimum atomic E-state index is -1.47. The number of carboxylic acids is 1. The monoisotopic (exact) mass is 228 g/mol. The molecule has 0 atom stereocenters. The molecule has 0 heterocycles. The van der Waals surface area contributed by atoms with E-state index in [9.17, 15) is 19.3 Å². The van der Waals surface area contributed by atoms with Crippen molar-refractivity contribution in [2.45, 2.75) is 6.92 Å². The molecule has 0 aromatic heterocycles. The lowest BCUT2D eigenvalue weighted by atomic mass is 10.1. The summed E-state index contributed by atoms with van der Waals surface area (Å²) < 4.78 is 13.3. The van der Waals surface area contributed by atoms with E-state index >= 15 is 0 Å². The SMILES string of the molecule is CCNc1cc(C(=O)O)c([N+](=O)[O-])cc1F. The molecule has 0 aliphatic heterocycles. The molecule has 1 rings (SSSR count). The Bertz CT molecular complexity index is 447. The molecule has 0 aliphatic rings. The average molecular weight is 228 g/mol. The Labute approximate surface area is 89.9 Å². The van der Waals surface area contributed by atoms with E-state index in [0.717, 1.165) is 6.07 Å². The lowest BCUT2D eigenvalue weighted by Gasteiger charge is -2.06. The Hall–Kier alpha value is -2.18. The third-order valence-electron chi connectivity index (χ3n) is 1.88. The number of carboxylic acid groups (broad SMARTS) is 1. The van der Waals surface area contributed by atoms with Crippen LogP contribution in [-0.4, -0.2) is 22.5 Å². The normalized spacial score (nSPS) is 9.88. The molecule has 1 aromatic carbocycles. The number of anilines is 1. The second-order valence-electron chi connectivity index (χ2n) is 2.94. The van der Waals surface area contributed by atoms with Crippen LogP contribution in [0.3, 0.4) is 0 Å². The zero-order valence-electron chi connectivity index (χ0n) is 8.36. The fourth-order valence-corrected chi connectivity index (χ4v) is 1.21. The van der Waals surface area contributed by atoms with Crippen LogP contribution in [0.4, 0.5) is 15.8 Å². The van der Waals surface area contributed by atoms with Crippen molar-refractivity contribution in [1.82, 2.24) is 0 Å². The second-order valence-corrected chi connectivity index (χ2v) is 2.94. The zero-order valence-corrected chi connectivity index (χ0v) is 8.36. The molecule has 0 aliphatic carbocycles. The van der Waals surface area contributed by atoms with Crippen LogP contribution in [0.25, 0.3) is 0 Å². The smallest absolute Gasteiger partial charge is 0.342 e. The van der Waals surface area contributed by atoms with E-state index in [1.165, 1.54) is 0 Å². The number of aromatic carboxylic acids is 1. The molecular weight excluding hydrogens is 219 g/mol. The van der Waals surface area contributed by atoms with Crippen LogP contribution in [0.1, 0.15) is 17.3 Å². The van der Waals surface area contributed by atoms with Crippen molar-refractivity contribution in [3.8, 4) is 0 Å². The maximum Gasteiger partial charge on any atom is 0.342 e. The second kappa shape index (κ2) is 4.56. The highest BCUT2D eigenvalue weighted by Crippen LogP contribution is 2.25. The van der Waals surface area contributed by atoms with E-state index in [4.69, 9.17) is 5.11 Å². The number of carbonyl (C=O) groups is 1. The summed E-state index contributed by atoms with van der Waals surface area (Å²) in [4.78, 5) is 20.3. The van der Waals surface area contributed by atoms with Gasteiger partial charge in [-0.1, -0.05) is 0 Å². The molecular formula is C9H9FN2O4. The van der Waals surface area contributed by atoms with Crippen LogP contribution in [-0.2, 0) is 0 Å². The van der Waals surface area contributed by atoms with Crippen LogP contribution >= 0.6 is 0 Å². The first-order valence-electron chi connectivity index (χ1n) is 4.42. The largest absolute Gasteiger partial charge is 0.477 e. The van der Waals surface area contributed by atoms with Crippen molar-refractivity contribution in [2.75, 3.05) is 11.9 Å². The van der Waals surface area contributed by atoms with Gasteiger partial charge in [-0.25, -0.2) is 9.18 Å². The fourth-order valence-electron chi connectivity index (χ4n) is 1.21. The minimum Gasteiger partial charge on any atom is -0.477 e. The maximum atomic E-state index is 13.3. The highest BCUT2D eigenvalue weighted by Gasteiger charge is 2.22. The molecule has 1 aromatic rings. The third-order valence-corrected chi connectivity index (χ3v) is 1.88. The average Bonchev–Trinajstić information content (AvgIpc) is 2.20. The first kappa shape index (κ1) is 11.9. The Kier molecular flexibility index (Phi) is 3.39. The van der Waals surface area contributed by atoms with Crippen LogP contribution in [0, 0.1) is 15.9 Å². The minimum absolute atomic E-state index is 0.0644. The topological polar surface area (TPSA) is 92.5 Å². The summed E-state index contributed by atoms with van der Waals surface area (Å²) in [6.07, 6.45) is 0. The molecule has 0 saturated heterocycles. The van der Waals surface area contributed by atoms with Gasteiger partial charge in [-0.3, -0.25) is 10.1 Å². The van der Waals surface area contributed by atoms with E-state index in [0.29, 0.717) is 12.6 Å². The van der Waals surface area contributed by atoms with Crippen LogP contribution in [0.2, 0.25) is 0 Å². The molecule has 0 spiro atoms. The number of nitrogens with one attached hydrogen (secondary N) is 1. The number of rotatable bonds is 4. The number of hydrogen-bond acceptors (Lipinski definition) is 4. The van der Waals surface area contributed by atoms with Crippen molar-refractivity contribution >= 4 is 17.3 Å². The van der Waals surface area contributed by atoms with E-state index in [1.54, 1.807) is 6.92 Å². The molecule has 0 saturated carbocycles. The fraction of sp³-hybridized carbons (Fsp3) is 0.222. The molecule has 0 bridgehead atoms. The van der Waals surface area contributed by atoms with Crippen LogP contribution in [0.5, 0.6) is 0 Å². The molecule has 0 amide bonds. The zero-order chi connectivity index (χ0) is 12.3. The number of hydrogen-bond donors (Lipinski definition) is 2. The molecule has 86 valence electrons. The van der Waals surface area contributed by atoms with E-state index < -0.39 is 28.0 Å². The molecule has 2 N–H and O–H groups in total.